The highest BCUT2D eigenvalue weighted by Crippen LogP contribution is 2.25. The second kappa shape index (κ2) is 6.22. The molecule has 2 aromatic rings. The molecule has 1 N–H and O–H groups in total. The molecule has 2 heterocycles. The van der Waals surface area contributed by atoms with Crippen LogP contribution >= 0.6 is 0 Å². The van der Waals surface area contributed by atoms with Crippen LogP contribution in [0, 0.1) is 12.7 Å². The summed E-state index contributed by atoms with van der Waals surface area (Å²) >= 11 is 0. The molecule has 0 radical (unpaired) electrons. The van der Waals surface area contributed by atoms with Crippen LogP contribution in [-0.2, 0) is 11.3 Å². The Labute approximate surface area is 122 Å². The van der Waals surface area contributed by atoms with E-state index in [2.05, 4.69) is 15.5 Å². The SMILES string of the molecule is Cc1c(F)cccc1NCc1noc(C2CCOCC2)n1. The van der Waals surface area contributed by atoms with E-state index in [4.69, 9.17) is 9.26 Å². The van der Waals surface area contributed by atoms with Gasteiger partial charge in [-0.25, -0.2) is 4.39 Å². The molecule has 0 aliphatic carbocycles. The first kappa shape index (κ1) is 14.0. The lowest BCUT2D eigenvalue weighted by Gasteiger charge is -2.17. The van der Waals surface area contributed by atoms with E-state index < -0.39 is 0 Å². The molecule has 1 fully saturated rings. The Morgan fingerprint density at radius 3 is 2.95 bits per heavy atom. The van der Waals surface area contributed by atoms with Crippen molar-refractivity contribution in [2.45, 2.75) is 32.2 Å². The summed E-state index contributed by atoms with van der Waals surface area (Å²) in [4.78, 5) is 4.41. The number of nitrogens with one attached hydrogen (secondary N) is 1. The summed E-state index contributed by atoms with van der Waals surface area (Å²) in [5.74, 6) is 1.32. The van der Waals surface area contributed by atoms with Crippen LogP contribution in [0.4, 0.5) is 10.1 Å². The normalized spacial score (nSPS) is 16.1. The average Bonchev–Trinajstić information content (AvgIpc) is 2.99. The maximum absolute atomic E-state index is 13.5. The van der Waals surface area contributed by atoms with Crippen LogP contribution in [0.1, 0.15) is 36.0 Å². The van der Waals surface area contributed by atoms with Crippen LogP contribution < -0.4 is 5.32 Å². The molecular weight excluding hydrogens is 273 g/mol. The number of hydrogen-bond donors (Lipinski definition) is 1. The Morgan fingerprint density at radius 1 is 1.33 bits per heavy atom. The molecule has 21 heavy (non-hydrogen) atoms. The standard InChI is InChI=1S/C15H18FN3O2/c1-10-12(16)3-2-4-13(10)17-9-14-18-15(21-19-14)11-5-7-20-8-6-11/h2-4,11,17H,5-9H2,1H3. The molecule has 0 bridgehead atoms. The van der Waals surface area contributed by atoms with Gasteiger partial charge in [0, 0.05) is 30.4 Å². The topological polar surface area (TPSA) is 60.2 Å². The molecule has 0 amide bonds. The minimum absolute atomic E-state index is 0.226. The largest absolute Gasteiger partial charge is 0.381 e. The lowest BCUT2D eigenvalue weighted by Crippen LogP contribution is -2.14. The van der Waals surface area contributed by atoms with Crippen molar-refractivity contribution in [1.82, 2.24) is 10.1 Å². The Kier molecular flexibility index (Phi) is 4.15. The number of aromatic nitrogens is 2. The lowest BCUT2D eigenvalue weighted by molar-refractivity contribution is 0.0778. The average molecular weight is 291 g/mol. The van der Waals surface area contributed by atoms with Gasteiger partial charge in [0.05, 0.1) is 6.54 Å². The third-order valence-corrected chi connectivity index (χ3v) is 3.76. The molecule has 0 unspecified atom stereocenters. The van der Waals surface area contributed by atoms with E-state index in [-0.39, 0.29) is 11.7 Å². The van der Waals surface area contributed by atoms with Crippen LogP contribution in [0.25, 0.3) is 0 Å². The number of rotatable bonds is 4. The molecule has 0 spiro atoms. The Bertz CT molecular complexity index is 609. The maximum Gasteiger partial charge on any atom is 0.229 e. The van der Waals surface area contributed by atoms with Crippen LogP contribution in [0.5, 0.6) is 0 Å². The summed E-state index contributed by atoms with van der Waals surface area (Å²) in [6.45, 7) is 3.63. The van der Waals surface area contributed by atoms with Crippen molar-refractivity contribution >= 4 is 5.69 Å². The zero-order valence-corrected chi connectivity index (χ0v) is 11.9. The minimum atomic E-state index is -0.226. The van der Waals surface area contributed by atoms with E-state index in [1.165, 1.54) is 6.07 Å². The molecule has 1 saturated heterocycles. The maximum atomic E-state index is 13.5. The summed E-state index contributed by atoms with van der Waals surface area (Å²) in [6.07, 6.45) is 1.83. The predicted octanol–water partition coefficient (Wildman–Crippen LogP) is 3.02. The van der Waals surface area contributed by atoms with Gasteiger partial charge in [-0.1, -0.05) is 11.2 Å². The third kappa shape index (κ3) is 3.21. The van der Waals surface area contributed by atoms with E-state index in [0.717, 1.165) is 31.7 Å². The van der Waals surface area contributed by atoms with Crippen LogP contribution in [-0.4, -0.2) is 23.4 Å². The van der Waals surface area contributed by atoms with Crippen LogP contribution in [0.3, 0.4) is 0 Å². The fourth-order valence-corrected chi connectivity index (χ4v) is 2.42. The number of ether oxygens (including phenoxy) is 1. The molecule has 0 atom stereocenters. The van der Waals surface area contributed by atoms with Gasteiger partial charge in [0.1, 0.15) is 5.82 Å². The van der Waals surface area contributed by atoms with Crippen molar-refractivity contribution in [1.29, 1.82) is 0 Å². The highest BCUT2D eigenvalue weighted by Gasteiger charge is 2.21. The number of hydrogen-bond acceptors (Lipinski definition) is 5. The van der Waals surface area contributed by atoms with Crippen LogP contribution in [0.2, 0.25) is 0 Å². The van der Waals surface area contributed by atoms with E-state index in [1.807, 2.05) is 6.07 Å². The van der Waals surface area contributed by atoms with E-state index >= 15 is 0 Å². The first-order chi connectivity index (χ1) is 10.2. The quantitative estimate of drug-likeness (QED) is 0.938. The van der Waals surface area contributed by atoms with Gasteiger partial charge >= 0.3 is 0 Å². The van der Waals surface area contributed by atoms with Gasteiger partial charge in [-0.05, 0) is 31.9 Å². The predicted molar refractivity (Wildman–Crippen MR) is 75.6 cm³/mol. The second-order valence-electron chi connectivity index (χ2n) is 5.20. The zero-order valence-electron chi connectivity index (χ0n) is 11.9. The molecule has 6 heteroatoms. The van der Waals surface area contributed by atoms with Gasteiger partial charge in [0.15, 0.2) is 5.82 Å². The van der Waals surface area contributed by atoms with Crippen molar-refractivity contribution in [3.63, 3.8) is 0 Å². The molecule has 1 aliphatic heterocycles. The highest BCUT2D eigenvalue weighted by atomic mass is 19.1. The van der Waals surface area contributed by atoms with E-state index in [0.29, 0.717) is 23.8 Å². The van der Waals surface area contributed by atoms with Gasteiger partial charge in [0.25, 0.3) is 0 Å². The van der Waals surface area contributed by atoms with E-state index in [1.54, 1.807) is 13.0 Å². The summed E-state index contributed by atoms with van der Waals surface area (Å²) < 4.78 is 24.1. The Morgan fingerprint density at radius 2 is 2.14 bits per heavy atom. The van der Waals surface area contributed by atoms with Crippen molar-refractivity contribution in [2.75, 3.05) is 18.5 Å². The monoisotopic (exact) mass is 291 g/mol. The Balaban J connectivity index is 1.63. The van der Waals surface area contributed by atoms with E-state index in [9.17, 15) is 4.39 Å². The van der Waals surface area contributed by atoms with Gasteiger partial charge in [-0.2, -0.15) is 4.98 Å². The lowest BCUT2D eigenvalue weighted by atomic mass is 10.0. The molecule has 1 aromatic heterocycles. The number of anilines is 1. The third-order valence-electron chi connectivity index (χ3n) is 3.76. The highest BCUT2D eigenvalue weighted by molar-refractivity contribution is 5.50. The Hall–Kier alpha value is -1.95. The second-order valence-corrected chi connectivity index (χ2v) is 5.20. The van der Waals surface area contributed by atoms with Gasteiger partial charge in [-0.15, -0.1) is 0 Å². The van der Waals surface area contributed by atoms with Crippen molar-refractivity contribution < 1.29 is 13.7 Å². The minimum Gasteiger partial charge on any atom is -0.381 e. The number of nitrogens with zero attached hydrogens (tertiary/aromatic N) is 2. The van der Waals surface area contributed by atoms with Gasteiger partial charge < -0.3 is 14.6 Å². The molecular formula is C15H18FN3O2. The first-order valence-electron chi connectivity index (χ1n) is 7.13. The molecule has 112 valence electrons. The van der Waals surface area contributed by atoms with Crippen LogP contribution in [0.15, 0.2) is 22.7 Å². The van der Waals surface area contributed by atoms with Gasteiger partial charge in [-0.3, -0.25) is 0 Å². The molecule has 1 aromatic carbocycles. The fourth-order valence-electron chi connectivity index (χ4n) is 2.42. The number of halogens is 1. The first-order valence-corrected chi connectivity index (χ1v) is 7.13. The molecule has 5 nitrogen and oxygen atoms in total. The summed E-state index contributed by atoms with van der Waals surface area (Å²) in [5, 5.41) is 7.11. The van der Waals surface area contributed by atoms with Crippen molar-refractivity contribution in [2.24, 2.45) is 0 Å². The summed E-state index contributed by atoms with van der Waals surface area (Å²) in [5.41, 5.74) is 1.33. The van der Waals surface area contributed by atoms with Crippen molar-refractivity contribution in [3.8, 4) is 0 Å². The summed E-state index contributed by atoms with van der Waals surface area (Å²) in [6, 6.07) is 4.95. The molecule has 3 rings (SSSR count). The molecule has 1 aliphatic rings. The van der Waals surface area contributed by atoms with Crippen molar-refractivity contribution in [3.05, 3.63) is 41.3 Å². The fraction of sp³-hybridized carbons (Fsp3) is 0.467. The summed E-state index contributed by atoms with van der Waals surface area (Å²) in [7, 11) is 0. The molecule has 0 saturated carbocycles. The number of benzene rings is 1. The smallest absolute Gasteiger partial charge is 0.229 e. The van der Waals surface area contributed by atoms with Gasteiger partial charge in [0.2, 0.25) is 5.89 Å². The zero-order chi connectivity index (χ0) is 14.7.